The molecule has 4 heteroatoms. The van der Waals surface area contributed by atoms with E-state index in [1.807, 2.05) is 17.9 Å². The minimum atomic E-state index is 0.159. The number of piperidine rings is 1. The highest BCUT2D eigenvalue weighted by Crippen LogP contribution is 2.27. The van der Waals surface area contributed by atoms with Gasteiger partial charge in [0.2, 0.25) is 0 Å². The summed E-state index contributed by atoms with van der Waals surface area (Å²) in [5.74, 6) is 0.159. The summed E-state index contributed by atoms with van der Waals surface area (Å²) in [6, 6.07) is 6.66. The van der Waals surface area contributed by atoms with Gasteiger partial charge in [-0.1, -0.05) is 18.6 Å². The van der Waals surface area contributed by atoms with Crippen molar-refractivity contribution in [2.45, 2.75) is 46.1 Å². The van der Waals surface area contributed by atoms with Crippen LogP contribution in [0.4, 0.5) is 0 Å². The zero-order valence-electron chi connectivity index (χ0n) is 15.5. The fourth-order valence-corrected chi connectivity index (χ4v) is 4.14. The molecule has 25 heavy (non-hydrogen) atoms. The molecule has 0 bridgehead atoms. The quantitative estimate of drug-likeness (QED) is 0.842. The number of rotatable bonds is 2. The first-order chi connectivity index (χ1) is 12.0. The van der Waals surface area contributed by atoms with Crippen molar-refractivity contribution >= 4 is 16.8 Å². The third-order valence-corrected chi connectivity index (χ3v) is 5.92. The van der Waals surface area contributed by atoms with E-state index in [0.717, 1.165) is 35.2 Å². The average Bonchev–Trinajstić information content (AvgIpc) is 2.57. The number of hydrogen-bond donors (Lipinski definition) is 0. The lowest BCUT2D eigenvalue weighted by molar-refractivity contribution is 0.0205. The van der Waals surface area contributed by atoms with Crippen LogP contribution in [0, 0.1) is 20.8 Å². The summed E-state index contributed by atoms with van der Waals surface area (Å²) < 4.78 is 0. The van der Waals surface area contributed by atoms with Crippen LogP contribution < -0.4 is 0 Å². The topological polar surface area (TPSA) is 36.4 Å². The SMILES string of the molecule is Cc1cc(C(=O)N2CC(N3CCCCC3)C2)c2ccc(C)c(C)c2n1. The van der Waals surface area contributed by atoms with Crippen LogP contribution >= 0.6 is 0 Å². The van der Waals surface area contributed by atoms with Gasteiger partial charge in [0.05, 0.1) is 11.1 Å². The minimum absolute atomic E-state index is 0.159. The number of aryl methyl sites for hydroxylation is 3. The molecule has 1 amide bonds. The molecule has 132 valence electrons. The lowest BCUT2D eigenvalue weighted by Crippen LogP contribution is -2.61. The summed E-state index contributed by atoms with van der Waals surface area (Å²) in [4.78, 5) is 22.4. The summed E-state index contributed by atoms with van der Waals surface area (Å²) >= 11 is 0. The van der Waals surface area contributed by atoms with E-state index in [1.165, 1.54) is 43.5 Å². The zero-order chi connectivity index (χ0) is 17.6. The summed E-state index contributed by atoms with van der Waals surface area (Å²) in [5.41, 5.74) is 5.08. The maximum atomic E-state index is 13.1. The molecule has 0 unspecified atom stereocenters. The highest BCUT2D eigenvalue weighted by atomic mass is 16.2. The maximum absolute atomic E-state index is 13.1. The van der Waals surface area contributed by atoms with Gasteiger partial charge in [0.15, 0.2) is 0 Å². The summed E-state index contributed by atoms with van der Waals surface area (Å²) in [6.07, 6.45) is 3.96. The van der Waals surface area contributed by atoms with Gasteiger partial charge in [-0.05, 0) is 63.9 Å². The summed E-state index contributed by atoms with van der Waals surface area (Å²) in [6.45, 7) is 10.3. The normalized spacial score (nSPS) is 19.2. The van der Waals surface area contributed by atoms with E-state index >= 15 is 0 Å². The predicted molar refractivity (Wildman–Crippen MR) is 101 cm³/mol. The van der Waals surface area contributed by atoms with Crippen LogP contribution in [0.15, 0.2) is 18.2 Å². The van der Waals surface area contributed by atoms with Gasteiger partial charge in [-0.15, -0.1) is 0 Å². The maximum Gasteiger partial charge on any atom is 0.254 e. The molecule has 0 aliphatic carbocycles. The third-order valence-electron chi connectivity index (χ3n) is 5.92. The number of benzene rings is 1. The van der Waals surface area contributed by atoms with Crippen LogP contribution in [0.3, 0.4) is 0 Å². The number of amides is 1. The van der Waals surface area contributed by atoms with E-state index in [-0.39, 0.29) is 5.91 Å². The van der Waals surface area contributed by atoms with Crippen molar-refractivity contribution in [3.8, 4) is 0 Å². The molecule has 4 nitrogen and oxygen atoms in total. The minimum Gasteiger partial charge on any atom is -0.335 e. The standard InChI is InChI=1S/C21H27N3O/c1-14-7-8-18-19(11-15(2)22-20(18)16(14)3)21(25)24-12-17(13-24)23-9-5-4-6-10-23/h7-8,11,17H,4-6,9-10,12-13H2,1-3H3. The molecule has 1 aromatic carbocycles. The second-order valence-corrected chi connectivity index (χ2v) is 7.68. The number of carbonyl (C=O) groups excluding carboxylic acids is 1. The Balaban J connectivity index is 1.58. The molecule has 2 saturated heterocycles. The molecule has 0 atom stereocenters. The van der Waals surface area contributed by atoms with Gasteiger partial charge in [-0.3, -0.25) is 14.7 Å². The zero-order valence-corrected chi connectivity index (χ0v) is 15.5. The first-order valence-electron chi connectivity index (χ1n) is 9.45. The van der Waals surface area contributed by atoms with Gasteiger partial charge in [0.1, 0.15) is 0 Å². The molecule has 0 radical (unpaired) electrons. The Hall–Kier alpha value is -1.94. The van der Waals surface area contributed by atoms with E-state index in [2.05, 4.69) is 30.9 Å². The van der Waals surface area contributed by atoms with Crippen molar-refractivity contribution in [1.82, 2.24) is 14.8 Å². The number of pyridine rings is 1. The van der Waals surface area contributed by atoms with Crippen molar-refractivity contribution in [1.29, 1.82) is 0 Å². The molecular weight excluding hydrogens is 310 g/mol. The third kappa shape index (κ3) is 2.93. The van der Waals surface area contributed by atoms with Gasteiger partial charge < -0.3 is 4.90 Å². The Labute approximate surface area is 149 Å². The Bertz CT molecular complexity index is 817. The Morgan fingerprint density at radius 3 is 2.52 bits per heavy atom. The molecule has 2 fully saturated rings. The highest BCUT2D eigenvalue weighted by Gasteiger charge is 2.36. The number of aromatic nitrogens is 1. The van der Waals surface area contributed by atoms with Crippen LogP contribution in [-0.4, -0.2) is 52.9 Å². The fraction of sp³-hybridized carbons (Fsp3) is 0.524. The first kappa shape index (κ1) is 16.5. The van der Waals surface area contributed by atoms with E-state index in [9.17, 15) is 4.79 Å². The van der Waals surface area contributed by atoms with E-state index in [1.54, 1.807) is 0 Å². The largest absolute Gasteiger partial charge is 0.335 e. The van der Waals surface area contributed by atoms with Crippen molar-refractivity contribution < 1.29 is 4.79 Å². The van der Waals surface area contributed by atoms with Crippen LogP contribution in [0.2, 0.25) is 0 Å². The summed E-state index contributed by atoms with van der Waals surface area (Å²) in [7, 11) is 0. The van der Waals surface area contributed by atoms with Crippen LogP contribution in [-0.2, 0) is 0 Å². The van der Waals surface area contributed by atoms with E-state index in [0.29, 0.717) is 6.04 Å². The molecular formula is C21H27N3O. The Kier molecular flexibility index (Phi) is 4.24. The monoisotopic (exact) mass is 337 g/mol. The van der Waals surface area contributed by atoms with Gasteiger partial charge in [-0.2, -0.15) is 0 Å². The first-order valence-corrected chi connectivity index (χ1v) is 9.45. The lowest BCUT2D eigenvalue weighted by atomic mass is 9.98. The number of nitrogens with zero attached hydrogens (tertiary/aromatic N) is 3. The molecule has 2 aliphatic rings. The molecule has 4 rings (SSSR count). The van der Waals surface area contributed by atoms with Gasteiger partial charge in [0.25, 0.3) is 5.91 Å². The Morgan fingerprint density at radius 1 is 1.08 bits per heavy atom. The van der Waals surface area contributed by atoms with Crippen molar-refractivity contribution in [3.05, 3.63) is 40.6 Å². The van der Waals surface area contributed by atoms with Crippen molar-refractivity contribution in [2.75, 3.05) is 26.2 Å². The second kappa shape index (κ2) is 6.41. The number of likely N-dealkylation sites (tertiary alicyclic amines) is 2. The number of hydrogen-bond acceptors (Lipinski definition) is 3. The van der Waals surface area contributed by atoms with Gasteiger partial charge >= 0.3 is 0 Å². The molecule has 2 aromatic rings. The molecule has 1 aromatic heterocycles. The molecule has 3 heterocycles. The van der Waals surface area contributed by atoms with Gasteiger partial charge in [-0.25, -0.2) is 0 Å². The van der Waals surface area contributed by atoms with Crippen molar-refractivity contribution in [2.24, 2.45) is 0 Å². The van der Waals surface area contributed by atoms with E-state index < -0.39 is 0 Å². The Morgan fingerprint density at radius 2 is 1.80 bits per heavy atom. The van der Waals surface area contributed by atoms with Crippen LogP contribution in [0.1, 0.15) is 46.4 Å². The van der Waals surface area contributed by atoms with Crippen LogP contribution in [0.5, 0.6) is 0 Å². The molecule has 2 aliphatic heterocycles. The predicted octanol–water partition coefficient (Wildman–Crippen LogP) is 3.47. The summed E-state index contributed by atoms with van der Waals surface area (Å²) in [5, 5.41) is 0.986. The lowest BCUT2D eigenvalue weighted by Gasteiger charge is -2.46. The smallest absolute Gasteiger partial charge is 0.254 e. The highest BCUT2D eigenvalue weighted by molar-refractivity contribution is 6.07. The number of fused-ring (bicyclic) bond motifs is 1. The fourth-order valence-electron chi connectivity index (χ4n) is 4.14. The molecule has 0 saturated carbocycles. The number of carbonyl (C=O) groups is 1. The second-order valence-electron chi connectivity index (χ2n) is 7.68. The molecule has 0 spiro atoms. The van der Waals surface area contributed by atoms with Crippen LogP contribution in [0.25, 0.3) is 10.9 Å². The van der Waals surface area contributed by atoms with E-state index in [4.69, 9.17) is 4.98 Å². The average molecular weight is 337 g/mol. The van der Waals surface area contributed by atoms with Crippen molar-refractivity contribution in [3.63, 3.8) is 0 Å². The molecule has 0 N–H and O–H groups in total. The van der Waals surface area contributed by atoms with Gasteiger partial charge in [0, 0.05) is 30.2 Å².